The second-order valence-electron chi connectivity index (χ2n) is 6.92. The van der Waals surface area contributed by atoms with Gasteiger partial charge in [-0.25, -0.2) is 18.6 Å². The molecule has 1 aromatic heterocycles. The fourth-order valence-corrected chi connectivity index (χ4v) is 3.45. The van der Waals surface area contributed by atoms with Gasteiger partial charge in [0.25, 0.3) is 6.43 Å². The molecule has 0 aliphatic carbocycles. The number of nitrogens with zero attached hydrogens (tertiary/aromatic N) is 2. The van der Waals surface area contributed by atoms with Gasteiger partial charge in [0.05, 0.1) is 24.7 Å². The molecule has 0 bridgehead atoms. The minimum Gasteiger partial charge on any atom is -0.495 e. The highest BCUT2D eigenvalue weighted by molar-refractivity contribution is 6.23. The third-order valence-corrected chi connectivity index (χ3v) is 4.74. The Hall–Kier alpha value is -2.41. The van der Waals surface area contributed by atoms with Crippen LogP contribution in [-0.2, 0) is 22.1 Å². The topological polar surface area (TPSA) is 72.2 Å². The van der Waals surface area contributed by atoms with E-state index in [-0.39, 0.29) is 31.1 Å². The number of allylic oxidation sites excluding steroid dienone is 2. The molecule has 1 aliphatic rings. The number of hydrogen-bond acceptors (Lipinski definition) is 5. The Labute approximate surface area is 174 Å². The number of methoxy groups -OCH3 is 1. The average molecular weight is 453 g/mol. The SMILES string of the molecule is COC(=O)c1c(C(F)F)nc(C(F)(F)F)c(C(C#N)=C2OCCC2Cl)c1CC(C)C. The molecule has 1 unspecified atom stereocenters. The quantitative estimate of drug-likeness (QED) is 0.263. The number of ether oxygens (including phenoxy) is 2. The second-order valence-corrected chi connectivity index (χ2v) is 7.44. The highest BCUT2D eigenvalue weighted by atomic mass is 35.5. The smallest absolute Gasteiger partial charge is 0.434 e. The van der Waals surface area contributed by atoms with Crippen molar-refractivity contribution in [3.05, 3.63) is 33.8 Å². The van der Waals surface area contributed by atoms with Gasteiger partial charge < -0.3 is 9.47 Å². The Kier molecular flexibility index (Phi) is 7.29. The molecule has 0 saturated carbocycles. The first-order valence-electron chi connectivity index (χ1n) is 8.85. The maximum absolute atomic E-state index is 13.9. The van der Waals surface area contributed by atoms with Crippen molar-refractivity contribution in [1.29, 1.82) is 5.26 Å². The summed E-state index contributed by atoms with van der Waals surface area (Å²) in [6.07, 6.45) is -8.66. The van der Waals surface area contributed by atoms with Gasteiger partial charge in [-0.05, 0) is 17.9 Å². The van der Waals surface area contributed by atoms with Crippen molar-refractivity contribution < 1.29 is 36.2 Å². The Balaban J connectivity index is 3.11. The highest BCUT2D eigenvalue weighted by Gasteiger charge is 2.43. The number of halogens is 6. The van der Waals surface area contributed by atoms with Gasteiger partial charge >= 0.3 is 12.1 Å². The third kappa shape index (κ3) is 4.67. The Morgan fingerprint density at radius 1 is 1.37 bits per heavy atom. The molecule has 0 amide bonds. The molecule has 0 radical (unpaired) electrons. The lowest BCUT2D eigenvalue weighted by Crippen LogP contribution is -2.23. The van der Waals surface area contributed by atoms with Gasteiger partial charge in [-0.2, -0.15) is 18.4 Å². The van der Waals surface area contributed by atoms with E-state index in [0.29, 0.717) is 0 Å². The number of nitriles is 1. The lowest BCUT2D eigenvalue weighted by molar-refractivity contribution is -0.141. The normalized spacial score (nSPS) is 18.4. The van der Waals surface area contributed by atoms with Gasteiger partial charge in [0.15, 0.2) is 5.69 Å². The summed E-state index contributed by atoms with van der Waals surface area (Å²) < 4.78 is 78.7. The molecule has 2 heterocycles. The number of carbonyl (C=O) groups excluding carboxylic acids is 1. The van der Waals surface area contributed by atoms with Crippen LogP contribution < -0.4 is 0 Å². The van der Waals surface area contributed by atoms with Crippen LogP contribution >= 0.6 is 11.6 Å². The van der Waals surface area contributed by atoms with E-state index in [1.165, 1.54) is 0 Å². The van der Waals surface area contributed by atoms with Crippen LogP contribution in [0.25, 0.3) is 5.57 Å². The van der Waals surface area contributed by atoms with Gasteiger partial charge in [-0.3, -0.25) is 0 Å². The van der Waals surface area contributed by atoms with Gasteiger partial charge in [0.2, 0.25) is 0 Å². The second kappa shape index (κ2) is 9.16. The molecular formula is C19H18ClF5N2O3. The number of hydrogen-bond donors (Lipinski definition) is 0. The van der Waals surface area contributed by atoms with Crippen molar-refractivity contribution in [2.24, 2.45) is 5.92 Å². The summed E-state index contributed by atoms with van der Waals surface area (Å²) >= 11 is 6.09. The summed E-state index contributed by atoms with van der Waals surface area (Å²) in [5, 5.41) is 8.78. The monoisotopic (exact) mass is 452 g/mol. The van der Waals surface area contributed by atoms with E-state index in [1.54, 1.807) is 19.9 Å². The minimum atomic E-state index is -5.19. The fourth-order valence-electron chi connectivity index (χ4n) is 3.19. The fraction of sp³-hybridized carbons (Fsp3) is 0.526. The first kappa shape index (κ1) is 23.9. The molecule has 1 aromatic rings. The molecule has 1 saturated heterocycles. The molecule has 164 valence electrons. The van der Waals surface area contributed by atoms with Gasteiger partial charge in [0, 0.05) is 12.0 Å². The number of esters is 1. The maximum Gasteiger partial charge on any atom is 0.434 e. The first-order valence-corrected chi connectivity index (χ1v) is 9.29. The van der Waals surface area contributed by atoms with Crippen molar-refractivity contribution in [3.8, 4) is 6.07 Å². The van der Waals surface area contributed by atoms with Crippen molar-refractivity contribution in [2.45, 2.75) is 44.7 Å². The predicted octanol–water partition coefficient (Wildman–Crippen LogP) is 5.29. The van der Waals surface area contributed by atoms with Crippen LogP contribution in [0.4, 0.5) is 22.0 Å². The minimum absolute atomic E-state index is 0.0714. The number of rotatable bonds is 5. The van der Waals surface area contributed by atoms with Crippen molar-refractivity contribution in [1.82, 2.24) is 4.98 Å². The zero-order valence-electron chi connectivity index (χ0n) is 16.2. The van der Waals surface area contributed by atoms with Crippen LogP contribution in [-0.4, -0.2) is 30.0 Å². The summed E-state index contributed by atoms with van der Waals surface area (Å²) in [6, 6.07) is 1.64. The van der Waals surface area contributed by atoms with Gasteiger partial charge in [0.1, 0.15) is 23.1 Å². The number of pyridine rings is 1. The van der Waals surface area contributed by atoms with Crippen LogP contribution in [0, 0.1) is 17.2 Å². The summed E-state index contributed by atoms with van der Waals surface area (Å²) in [4.78, 5) is 15.4. The summed E-state index contributed by atoms with van der Waals surface area (Å²) in [5.41, 5.74) is -5.63. The predicted molar refractivity (Wildman–Crippen MR) is 96.8 cm³/mol. The Morgan fingerprint density at radius 3 is 2.40 bits per heavy atom. The van der Waals surface area contributed by atoms with Crippen molar-refractivity contribution in [3.63, 3.8) is 0 Å². The van der Waals surface area contributed by atoms with Crippen LogP contribution in [0.1, 0.15) is 59.6 Å². The summed E-state index contributed by atoms with van der Waals surface area (Å²) in [6.45, 7) is 3.31. The van der Waals surface area contributed by atoms with Crippen molar-refractivity contribution >= 4 is 23.1 Å². The van der Waals surface area contributed by atoms with E-state index in [4.69, 9.17) is 16.3 Å². The number of carbonyl (C=O) groups is 1. The Bertz CT molecular complexity index is 907. The molecule has 5 nitrogen and oxygen atoms in total. The van der Waals surface area contributed by atoms with Crippen LogP contribution in [0.2, 0.25) is 0 Å². The van der Waals surface area contributed by atoms with Crippen LogP contribution in [0.3, 0.4) is 0 Å². The standard InChI is InChI=1S/C19H18ClF5N2O3/c1-8(2)6-9-12(10(7-26)15-11(20)4-5-30-15)16(19(23,24)25)27-14(17(21)22)13(9)18(28)29-3/h8,11,17H,4-6H2,1-3H3. The molecule has 1 fully saturated rings. The molecule has 0 spiro atoms. The molecule has 2 rings (SSSR count). The van der Waals surface area contributed by atoms with Gasteiger partial charge in [-0.1, -0.05) is 13.8 Å². The van der Waals surface area contributed by atoms with E-state index in [2.05, 4.69) is 9.72 Å². The summed E-state index contributed by atoms with van der Waals surface area (Å²) in [5.74, 6) is -1.85. The van der Waals surface area contributed by atoms with E-state index in [1.807, 2.05) is 0 Å². The maximum atomic E-state index is 13.9. The van der Waals surface area contributed by atoms with E-state index in [0.717, 1.165) is 7.11 Å². The van der Waals surface area contributed by atoms with E-state index >= 15 is 0 Å². The first-order chi connectivity index (χ1) is 13.9. The van der Waals surface area contributed by atoms with Crippen LogP contribution in [0.5, 0.6) is 0 Å². The van der Waals surface area contributed by atoms with E-state index in [9.17, 15) is 32.0 Å². The molecule has 30 heavy (non-hydrogen) atoms. The zero-order valence-corrected chi connectivity index (χ0v) is 17.0. The number of alkyl halides is 6. The number of aromatic nitrogens is 1. The third-order valence-electron chi connectivity index (χ3n) is 4.33. The molecule has 1 aliphatic heterocycles. The zero-order chi connectivity index (χ0) is 22.8. The highest BCUT2D eigenvalue weighted by Crippen LogP contribution is 2.42. The van der Waals surface area contributed by atoms with Crippen molar-refractivity contribution in [2.75, 3.05) is 13.7 Å². The van der Waals surface area contributed by atoms with Gasteiger partial charge in [-0.15, -0.1) is 11.6 Å². The van der Waals surface area contributed by atoms with E-state index < -0.39 is 57.6 Å². The lowest BCUT2D eigenvalue weighted by atomic mass is 9.87. The summed E-state index contributed by atoms with van der Waals surface area (Å²) in [7, 11) is 0.909. The largest absolute Gasteiger partial charge is 0.495 e. The molecule has 0 N–H and O–H groups in total. The molecule has 0 aromatic carbocycles. The Morgan fingerprint density at radius 2 is 2.00 bits per heavy atom. The molecule has 11 heteroatoms. The molecular weight excluding hydrogens is 435 g/mol. The molecule has 1 atom stereocenters. The lowest BCUT2D eigenvalue weighted by Gasteiger charge is -2.23. The van der Waals surface area contributed by atoms with Crippen LogP contribution in [0.15, 0.2) is 5.76 Å². The average Bonchev–Trinajstić information content (AvgIpc) is 3.06.